The number of ether oxygens (including phenoxy) is 2. The number of Topliss-reactive ketones (excluding diaryl/α,β-unsaturated/α-hetero) is 1. The third-order valence-electron chi connectivity index (χ3n) is 7.45. The molecular weight excluding hydrogens is 348 g/mol. The highest BCUT2D eigenvalue weighted by molar-refractivity contribution is 5.88. The van der Waals surface area contributed by atoms with Crippen molar-refractivity contribution in [2.45, 2.75) is 52.1 Å². The van der Waals surface area contributed by atoms with E-state index in [1.807, 2.05) is 13.8 Å². The van der Waals surface area contributed by atoms with E-state index in [0.29, 0.717) is 32.1 Å². The van der Waals surface area contributed by atoms with Gasteiger partial charge in [0.15, 0.2) is 0 Å². The zero-order chi connectivity index (χ0) is 19.4. The van der Waals surface area contributed by atoms with Crippen LogP contribution in [0.2, 0.25) is 0 Å². The summed E-state index contributed by atoms with van der Waals surface area (Å²) in [4.78, 5) is 38.4. The quantitative estimate of drug-likeness (QED) is 0.737. The molecule has 1 aromatic heterocycles. The predicted octanol–water partition coefficient (Wildman–Crippen LogP) is 3.46. The molecule has 6 atom stereocenters. The largest absolute Gasteiger partial charge is 0.472 e. The van der Waals surface area contributed by atoms with Crippen LogP contribution in [0.4, 0.5) is 0 Å². The Labute approximate surface area is 158 Å². The van der Waals surface area contributed by atoms with E-state index >= 15 is 0 Å². The maximum atomic E-state index is 13.1. The van der Waals surface area contributed by atoms with E-state index in [9.17, 15) is 14.4 Å². The van der Waals surface area contributed by atoms with Gasteiger partial charge in [0.1, 0.15) is 11.9 Å². The predicted molar refractivity (Wildman–Crippen MR) is 94.3 cm³/mol. The van der Waals surface area contributed by atoms with Crippen molar-refractivity contribution in [3.05, 3.63) is 24.2 Å². The third kappa shape index (κ3) is 2.56. The first-order chi connectivity index (χ1) is 12.8. The fourth-order valence-corrected chi connectivity index (χ4v) is 6.24. The Morgan fingerprint density at radius 3 is 2.67 bits per heavy atom. The van der Waals surface area contributed by atoms with Crippen LogP contribution in [0, 0.1) is 28.6 Å². The number of methoxy groups -OCH3 is 1. The lowest BCUT2D eigenvalue weighted by Crippen LogP contribution is -2.61. The molecule has 146 valence electrons. The first kappa shape index (κ1) is 18.3. The molecule has 0 radical (unpaired) electrons. The minimum Gasteiger partial charge on any atom is -0.472 e. The molecule has 0 amide bonds. The number of furan rings is 1. The smallest absolute Gasteiger partial charge is 0.310 e. The first-order valence-corrected chi connectivity index (χ1v) is 9.64. The van der Waals surface area contributed by atoms with E-state index < -0.39 is 16.9 Å². The Kier molecular flexibility index (Phi) is 4.20. The number of hydrogen-bond acceptors (Lipinski definition) is 6. The summed E-state index contributed by atoms with van der Waals surface area (Å²) >= 11 is 0. The third-order valence-corrected chi connectivity index (χ3v) is 7.45. The second-order valence-electron chi connectivity index (χ2n) is 8.80. The Bertz CT molecular complexity index is 768. The zero-order valence-electron chi connectivity index (χ0n) is 16.0. The minimum atomic E-state index is -0.548. The maximum absolute atomic E-state index is 13.1. The molecule has 1 saturated heterocycles. The number of carbonyl (C=O) groups is 3. The Balaban J connectivity index is 1.76. The van der Waals surface area contributed by atoms with Crippen molar-refractivity contribution < 1.29 is 28.3 Å². The van der Waals surface area contributed by atoms with Crippen LogP contribution < -0.4 is 0 Å². The lowest BCUT2D eigenvalue weighted by molar-refractivity contribution is -0.202. The lowest BCUT2D eigenvalue weighted by Gasteiger charge is -2.60. The van der Waals surface area contributed by atoms with Gasteiger partial charge in [0.2, 0.25) is 0 Å². The van der Waals surface area contributed by atoms with Gasteiger partial charge in [-0.05, 0) is 42.6 Å². The van der Waals surface area contributed by atoms with E-state index in [1.165, 1.54) is 7.11 Å². The van der Waals surface area contributed by atoms with Crippen LogP contribution >= 0.6 is 0 Å². The summed E-state index contributed by atoms with van der Waals surface area (Å²) in [6.45, 7) is 4.06. The molecule has 2 aliphatic carbocycles. The summed E-state index contributed by atoms with van der Waals surface area (Å²) < 4.78 is 15.9. The summed E-state index contributed by atoms with van der Waals surface area (Å²) in [5.74, 6) is -1.33. The molecule has 2 heterocycles. The van der Waals surface area contributed by atoms with Gasteiger partial charge in [-0.25, -0.2) is 0 Å². The van der Waals surface area contributed by atoms with Crippen molar-refractivity contribution in [3.8, 4) is 0 Å². The number of fused-ring (bicyclic) bond motifs is 3. The molecule has 0 bridgehead atoms. The van der Waals surface area contributed by atoms with Crippen molar-refractivity contribution >= 4 is 17.7 Å². The van der Waals surface area contributed by atoms with Crippen LogP contribution in [0.1, 0.15) is 57.6 Å². The van der Waals surface area contributed by atoms with Crippen molar-refractivity contribution in [1.82, 2.24) is 0 Å². The van der Waals surface area contributed by atoms with Crippen LogP contribution in [0.3, 0.4) is 0 Å². The highest BCUT2D eigenvalue weighted by atomic mass is 16.5. The summed E-state index contributed by atoms with van der Waals surface area (Å²) in [5.41, 5.74) is -0.233. The SMILES string of the molecule is COC(=O)[C@@H]1CCC(=O)[C@@H]2[C@@]3(C)C[C@@H](c4ccoc4)OC(=O)[C@H]3CC[C@]21C. The molecule has 4 rings (SSSR count). The number of hydrogen-bond donors (Lipinski definition) is 0. The normalized spacial score (nSPS) is 41.3. The van der Waals surface area contributed by atoms with Crippen molar-refractivity contribution in [2.75, 3.05) is 7.11 Å². The molecule has 0 N–H and O–H groups in total. The highest BCUT2D eigenvalue weighted by Crippen LogP contribution is 2.64. The molecule has 1 aromatic rings. The molecule has 1 aliphatic heterocycles. The molecule has 2 saturated carbocycles. The fourth-order valence-electron chi connectivity index (χ4n) is 6.24. The monoisotopic (exact) mass is 374 g/mol. The highest BCUT2D eigenvalue weighted by Gasteiger charge is 2.65. The number of ketones is 1. The van der Waals surface area contributed by atoms with Gasteiger partial charge in [-0.3, -0.25) is 14.4 Å². The van der Waals surface area contributed by atoms with Crippen LogP contribution in [-0.2, 0) is 23.9 Å². The van der Waals surface area contributed by atoms with Crippen molar-refractivity contribution in [2.24, 2.45) is 28.6 Å². The zero-order valence-corrected chi connectivity index (χ0v) is 16.0. The van der Waals surface area contributed by atoms with Gasteiger partial charge >= 0.3 is 11.9 Å². The van der Waals surface area contributed by atoms with Gasteiger partial charge in [-0.1, -0.05) is 13.8 Å². The molecule has 0 unspecified atom stereocenters. The molecular formula is C21H26O6. The maximum Gasteiger partial charge on any atom is 0.310 e. The van der Waals surface area contributed by atoms with Gasteiger partial charge in [0.25, 0.3) is 0 Å². The topological polar surface area (TPSA) is 82.8 Å². The molecule has 0 spiro atoms. The Morgan fingerprint density at radius 2 is 2.00 bits per heavy atom. The number of carbonyl (C=O) groups excluding carboxylic acids is 3. The van der Waals surface area contributed by atoms with Gasteiger partial charge in [-0.2, -0.15) is 0 Å². The summed E-state index contributed by atoms with van der Waals surface area (Å²) in [6.07, 6.45) is 5.43. The number of cyclic esters (lactones) is 1. The van der Waals surface area contributed by atoms with Gasteiger partial charge < -0.3 is 13.9 Å². The van der Waals surface area contributed by atoms with Crippen LogP contribution in [0.15, 0.2) is 23.0 Å². The Morgan fingerprint density at radius 1 is 1.22 bits per heavy atom. The van der Waals surface area contributed by atoms with Crippen molar-refractivity contribution in [3.63, 3.8) is 0 Å². The minimum absolute atomic E-state index is 0.158. The van der Waals surface area contributed by atoms with E-state index in [4.69, 9.17) is 13.9 Å². The van der Waals surface area contributed by atoms with E-state index in [-0.39, 0.29) is 35.5 Å². The lowest BCUT2D eigenvalue weighted by atomic mass is 9.43. The summed E-state index contributed by atoms with van der Waals surface area (Å²) in [6, 6.07) is 1.80. The van der Waals surface area contributed by atoms with Crippen LogP contribution in [-0.4, -0.2) is 24.8 Å². The van der Waals surface area contributed by atoms with E-state index in [2.05, 4.69) is 0 Å². The van der Waals surface area contributed by atoms with Gasteiger partial charge in [0.05, 0.1) is 31.5 Å². The van der Waals surface area contributed by atoms with Gasteiger partial charge in [-0.15, -0.1) is 0 Å². The number of rotatable bonds is 2. The van der Waals surface area contributed by atoms with Crippen LogP contribution in [0.25, 0.3) is 0 Å². The summed E-state index contributed by atoms with van der Waals surface area (Å²) in [7, 11) is 1.40. The summed E-state index contributed by atoms with van der Waals surface area (Å²) in [5, 5.41) is 0. The van der Waals surface area contributed by atoms with E-state index in [0.717, 1.165) is 5.56 Å². The second kappa shape index (κ2) is 6.21. The van der Waals surface area contributed by atoms with Gasteiger partial charge in [0, 0.05) is 17.9 Å². The fraction of sp³-hybridized carbons (Fsp3) is 0.667. The van der Waals surface area contributed by atoms with E-state index in [1.54, 1.807) is 18.6 Å². The van der Waals surface area contributed by atoms with Crippen molar-refractivity contribution in [1.29, 1.82) is 0 Å². The van der Waals surface area contributed by atoms with Crippen LogP contribution in [0.5, 0.6) is 0 Å². The molecule has 6 nitrogen and oxygen atoms in total. The molecule has 0 aromatic carbocycles. The molecule has 27 heavy (non-hydrogen) atoms. The second-order valence-corrected chi connectivity index (χ2v) is 8.80. The Hall–Kier alpha value is -2.11. The average Bonchev–Trinajstić information content (AvgIpc) is 3.14. The standard InChI is InChI=1S/C21H26O6/c1-20-8-6-14-19(24)27-16(12-7-9-26-11-12)10-21(14,2)17(20)15(22)5-4-13(20)18(23)25-3/h7,9,11,13-14,16-17H,4-6,8,10H2,1-3H3/t13-,14+,16-,17-,20-,21-/m0/s1. The molecule has 3 aliphatic rings. The first-order valence-electron chi connectivity index (χ1n) is 9.64. The molecule has 6 heteroatoms. The number of esters is 2. The average molecular weight is 374 g/mol. The molecule has 3 fully saturated rings.